The molecule has 3 unspecified atom stereocenters. The van der Waals surface area contributed by atoms with E-state index in [1.165, 1.54) is 30.0 Å². The van der Waals surface area contributed by atoms with E-state index in [0.717, 1.165) is 10.4 Å². The molecule has 296 valence electrons. The SMILES string of the molecule is CC(O)(c1nc(NC(=O)c2ccccc2)c2ncn([C@@H]3O[C@H](CO[Si](c4ccccc4)(c4ccccc4)C(C)(C)C)C(O)C3O)c2n1)N1C(=O)c2ccccc2C1=O. The van der Waals surface area contributed by atoms with E-state index in [1.807, 2.05) is 60.7 Å². The normalized spacial score (nSPS) is 20.6. The number of aliphatic hydroxyl groups is 3. The first-order chi connectivity index (χ1) is 27.7. The first-order valence-corrected chi connectivity index (χ1v) is 20.7. The molecule has 2 aliphatic heterocycles. The number of aliphatic hydroxyl groups excluding tert-OH is 2. The molecule has 0 spiro atoms. The zero-order chi connectivity index (χ0) is 41.0. The van der Waals surface area contributed by atoms with Gasteiger partial charge in [0.05, 0.1) is 24.1 Å². The Hall–Kier alpha value is -5.94. The maximum absolute atomic E-state index is 13.6. The van der Waals surface area contributed by atoms with E-state index in [1.54, 1.807) is 42.5 Å². The number of amides is 3. The summed E-state index contributed by atoms with van der Waals surface area (Å²) in [7, 11) is -3.07. The summed E-state index contributed by atoms with van der Waals surface area (Å²) in [5.41, 5.74) is -1.94. The molecule has 0 saturated carbocycles. The Morgan fingerprint density at radius 3 is 1.88 bits per heavy atom. The van der Waals surface area contributed by atoms with Gasteiger partial charge < -0.3 is 29.8 Å². The van der Waals surface area contributed by atoms with Crippen molar-refractivity contribution >= 4 is 53.4 Å². The van der Waals surface area contributed by atoms with Crippen molar-refractivity contribution in [2.75, 3.05) is 11.9 Å². The Morgan fingerprint density at radius 1 is 0.793 bits per heavy atom. The lowest BCUT2D eigenvalue weighted by molar-refractivity contribution is -0.0659. The average Bonchev–Trinajstić information content (AvgIpc) is 3.86. The molecule has 15 heteroatoms. The predicted octanol–water partition coefficient (Wildman–Crippen LogP) is 3.74. The highest BCUT2D eigenvalue weighted by Crippen LogP contribution is 2.40. The topological polar surface area (TPSA) is 189 Å². The van der Waals surface area contributed by atoms with Gasteiger partial charge in [-0.3, -0.25) is 19.0 Å². The summed E-state index contributed by atoms with van der Waals surface area (Å²) in [6, 6.07) is 34.5. The molecule has 0 radical (unpaired) electrons. The molecule has 1 fully saturated rings. The highest BCUT2D eigenvalue weighted by molar-refractivity contribution is 6.99. The Bertz CT molecular complexity index is 2440. The van der Waals surface area contributed by atoms with Gasteiger partial charge in [0.2, 0.25) is 5.72 Å². The van der Waals surface area contributed by atoms with Crippen molar-refractivity contribution in [3.63, 3.8) is 0 Å². The van der Waals surface area contributed by atoms with Crippen molar-refractivity contribution in [2.45, 2.75) is 63.0 Å². The van der Waals surface area contributed by atoms with Gasteiger partial charge >= 0.3 is 0 Å². The summed E-state index contributed by atoms with van der Waals surface area (Å²) < 4.78 is 14.8. The number of aromatic nitrogens is 4. The third-order valence-corrected chi connectivity index (χ3v) is 15.8. The summed E-state index contributed by atoms with van der Waals surface area (Å²) >= 11 is 0. The van der Waals surface area contributed by atoms with Crippen molar-refractivity contribution in [2.24, 2.45) is 0 Å². The first kappa shape index (κ1) is 38.9. The van der Waals surface area contributed by atoms with Gasteiger partial charge in [0, 0.05) is 5.56 Å². The highest BCUT2D eigenvalue weighted by atomic mass is 28.4. The molecule has 4 N–H and O–H groups in total. The van der Waals surface area contributed by atoms with E-state index < -0.39 is 62.1 Å². The van der Waals surface area contributed by atoms with Crippen LogP contribution in [0.1, 0.15) is 70.8 Å². The largest absolute Gasteiger partial charge is 0.405 e. The zero-order valence-corrected chi connectivity index (χ0v) is 33.2. The van der Waals surface area contributed by atoms with Crippen molar-refractivity contribution in [1.82, 2.24) is 24.4 Å². The van der Waals surface area contributed by atoms with Crippen LogP contribution in [0.25, 0.3) is 11.2 Å². The molecule has 14 nitrogen and oxygen atoms in total. The van der Waals surface area contributed by atoms with Crippen molar-refractivity contribution in [1.29, 1.82) is 0 Å². The molecule has 58 heavy (non-hydrogen) atoms. The summed E-state index contributed by atoms with van der Waals surface area (Å²) in [6.07, 6.45) is -3.91. The third kappa shape index (κ3) is 6.41. The Labute approximate surface area is 334 Å². The van der Waals surface area contributed by atoms with Crippen LogP contribution in [0, 0.1) is 0 Å². The van der Waals surface area contributed by atoms with Gasteiger partial charge in [-0.15, -0.1) is 0 Å². The number of imide groups is 1. The molecule has 2 aliphatic rings. The number of hydrogen-bond acceptors (Lipinski definition) is 11. The number of anilines is 1. The number of benzene rings is 4. The van der Waals surface area contributed by atoms with Crippen LogP contribution < -0.4 is 15.7 Å². The van der Waals surface area contributed by atoms with Gasteiger partial charge in [-0.05, 0) is 46.6 Å². The number of ether oxygens (including phenoxy) is 1. The van der Waals surface area contributed by atoms with Gasteiger partial charge in [0.25, 0.3) is 26.0 Å². The lowest BCUT2D eigenvalue weighted by Gasteiger charge is -2.43. The number of carbonyl (C=O) groups excluding carboxylic acids is 3. The van der Waals surface area contributed by atoms with Crippen LogP contribution in [-0.2, 0) is 14.9 Å². The summed E-state index contributed by atoms with van der Waals surface area (Å²) in [4.78, 5) is 54.8. The number of carbonyl (C=O) groups is 3. The van der Waals surface area contributed by atoms with Crippen LogP contribution in [0.4, 0.5) is 5.82 Å². The van der Waals surface area contributed by atoms with E-state index in [0.29, 0.717) is 10.5 Å². The van der Waals surface area contributed by atoms with Gasteiger partial charge in [0.15, 0.2) is 29.0 Å². The number of fused-ring (bicyclic) bond motifs is 2. The molecule has 0 bridgehead atoms. The fraction of sp³-hybridized carbons (Fsp3) is 0.256. The quantitative estimate of drug-likeness (QED) is 0.117. The fourth-order valence-electron chi connectivity index (χ4n) is 7.92. The highest BCUT2D eigenvalue weighted by Gasteiger charge is 2.53. The molecule has 5 atom stereocenters. The molecule has 6 aromatic rings. The fourth-order valence-corrected chi connectivity index (χ4v) is 12.5. The van der Waals surface area contributed by atoms with Crippen molar-refractivity contribution < 1.29 is 38.9 Å². The first-order valence-electron chi connectivity index (χ1n) is 18.8. The van der Waals surface area contributed by atoms with E-state index >= 15 is 0 Å². The smallest absolute Gasteiger partial charge is 0.264 e. The molecular weight excluding hydrogens is 757 g/mol. The molecule has 3 amide bonds. The number of nitrogens with zero attached hydrogens (tertiary/aromatic N) is 5. The Balaban J connectivity index is 1.17. The van der Waals surface area contributed by atoms with Gasteiger partial charge in [-0.25, -0.2) is 19.9 Å². The average molecular weight is 799 g/mol. The van der Waals surface area contributed by atoms with Crippen LogP contribution in [0.3, 0.4) is 0 Å². The molecule has 4 heterocycles. The predicted molar refractivity (Wildman–Crippen MR) is 216 cm³/mol. The number of nitrogens with one attached hydrogen (secondary N) is 1. The van der Waals surface area contributed by atoms with E-state index in [2.05, 4.69) is 41.0 Å². The second-order valence-corrected chi connectivity index (χ2v) is 19.9. The number of rotatable bonds is 10. The van der Waals surface area contributed by atoms with Gasteiger partial charge in [-0.1, -0.05) is 112 Å². The summed E-state index contributed by atoms with van der Waals surface area (Å²) in [6.45, 7) is 7.50. The van der Waals surface area contributed by atoms with Gasteiger partial charge in [0.1, 0.15) is 18.3 Å². The molecular formula is C43H42N6O8Si. The second kappa shape index (κ2) is 14.8. The Kier molecular flexibility index (Phi) is 9.91. The summed E-state index contributed by atoms with van der Waals surface area (Å²) in [5, 5.41) is 39.6. The van der Waals surface area contributed by atoms with E-state index in [9.17, 15) is 29.7 Å². The lowest BCUT2D eigenvalue weighted by atomic mass is 10.1. The lowest BCUT2D eigenvalue weighted by Crippen LogP contribution is -2.67. The Morgan fingerprint density at radius 2 is 1.33 bits per heavy atom. The molecule has 1 saturated heterocycles. The van der Waals surface area contributed by atoms with Crippen LogP contribution in [0.15, 0.2) is 122 Å². The zero-order valence-electron chi connectivity index (χ0n) is 32.2. The van der Waals surface area contributed by atoms with Gasteiger partial charge in [-0.2, -0.15) is 0 Å². The van der Waals surface area contributed by atoms with E-state index in [-0.39, 0.29) is 39.8 Å². The third-order valence-electron chi connectivity index (χ3n) is 10.8. The summed E-state index contributed by atoms with van der Waals surface area (Å²) in [5.74, 6) is -2.67. The number of imidazole rings is 1. The minimum Gasteiger partial charge on any atom is -0.405 e. The van der Waals surface area contributed by atoms with Crippen LogP contribution >= 0.6 is 0 Å². The molecule has 8 rings (SSSR count). The minimum absolute atomic E-state index is 0.0324. The van der Waals surface area contributed by atoms with Crippen molar-refractivity contribution in [3.05, 3.63) is 144 Å². The number of hydrogen-bond donors (Lipinski definition) is 4. The van der Waals surface area contributed by atoms with E-state index in [4.69, 9.17) is 9.16 Å². The standard InChI is InChI=1S/C43H42N6O8Si/c1-42(2,3)58(27-18-10-6-11-19-27,28-20-12-7-13-21-28)56-24-31-33(50)34(51)40(57-31)48-25-44-32-35(45-37(52)26-16-8-5-9-17-26)46-41(47-36(32)48)43(4,55)49-38(53)29-22-14-15-23-30(29)39(49)54/h5-23,25,31,33-34,40,50-51,55H,24H2,1-4H3,(H,45,46,47,52)/t31-,33?,34?,40-,43?/m1/s1. The monoisotopic (exact) mass is 798 g/mol. The van der Waals surface area contributed by atoms with Crippen LogP contribution in [0.2, 0.25) is 5.04 Å². The van der Waals surface area contributed by atoms with Crippen molar-refractivity contribution in [3.8, 4) is 0 Å². The van der Waals surface area contributed by atoms with Crippen LogP contribution in [0.5, 0.6) is 0 Å². The second-order valence-electron chi connectivity index (χ2n) is 15.6. The molecule has 4 aromatic carbocycles. The minimum atomic E-state index is -3.07. The van der Waals surface area contributed by atoms with Crippen LogP contribution in [-0.4, -0.2) is 90.7 Å². The maximum Gasteiger partial charge on any atom is 0.264 e. The molecule has 0 aliphatic carbocycles. The maximum atomic E-state index is 13.6. The molecule has 2 aromatic heterocycles.